The summed E-state index contributed by atoms with van der Waals surface area (Å²) in [5.41, 5.74) is 8.41. The second-order valence-corrected chi connectivity index (χ2v) is 11.0. The van der Waals surface area contributed by atoms with Crippen molar-refractivity contribution in [3.63, 3.8) is 0 Å². The number of ketones is 1. The second-order valence-electron chi connectivity index (χ2n) is 7.65. The highest BCUT2D eigenvalue weighted by Gasteiger charge is 2.32. The number of halogens is 1. The van der Waals surface area contributed by atoms with Crippen LogP contribution in [0.3, 0.4) is 0 Å². The van der Waals surface area contributed by atoms with Crippen molar-refractivity contribution in [1.29, 1.82) is 0 Å². The van der Waals surface area contributed by atoms with Gasteiger partial charge in [-0.15, -0.1) is 11.3 Å². The molecule has 1 heterocycles. The van der Waals surface area contributed by atoms with E-state index < -0.39 is 9.84 Å². The number of benzene rings is 3. The van der Waals surface area contributed by atoms with Crippen molar-refractivity contribution in [3.8, 4) is 5.75 Å². The number of para-hydroxylation sites is 1. The van der Waals surface area contributed by atoms with Gasteiger partial charge in [-0.2, -0.15) is 0 Å². The molecule has 1 aromatic heterocycles. The molecule has 0 saturated carbocycles. The fraction of sp³-hybridized carbons (Fsp3) is 0.115. The van der Waals surface area contributed by atoms with Crippen LogP contribution in [0, 0.1) is 0 Å². The van der Waals surface area contributed by atoms with Crippen molar-refractivity contribution < 1.29 is 17.9 Å². The van der Waals surface area contributed by atoms with Crippen molar-refractivity contribution >= 4 is 54.9 Å². The van der Waals surface area contributed by atoms with Crippen LogP contribution < -0.4 is 15.8 Å². The Hall–Kier alpha value is -3.33. The summed E-state index contributed by atoms with van der Waals surface area (Å²) in [7, 11) is -2.53. The van der Waals surface area contributed by atoms with Gasteiger partial charge in [-0.1, -0.05) is 36.7 Å². The molecule has 6 nitrogen and oxygen atoms in total. The Morgan fingerprint density at radius 1 is 1.03 bits per heavy atom. The molecular formula is C26H23ClN2O4S2. The zero-order chi connectivity index (χ0) is 25.2. The summed E-state index contributed by atoms with van der Waals surface area (Å²) in [5, 5.41) is 3.91. The number of aryl methyl sites for hydroxylation is 1. The molecule has 0 aliphatic heterocycles. The zero-order valence-corrected chi connectivity index (χ0v) is 21.4. The molecule has 0 unspecified atom stereocenters. The smallest absolute Gasteiger partial charge is 0.211 e. The van der Waals surface area contributed by atoms with Crippen LogP contribution in [0.15, 0.2) is 82.6 Å². The number of ether oxygens (including phenoxy) is 1. The van der Waals surface area contributed by atoms with E-state index in [1.54, 1.807) is 24.3 Å². The Bertz CT molecular complexity index is 1480. The summed E-state index contributed by atoms with van der Waals surface area (Å²) in [6, 6.07) is 20.0. The van der Waals surface area contributed by atoms with Crippen molar-refractivity contribution in [2.75, 3.05) is 18.2 Å². The maximum Gasteiger partial charge on any atom is 0.211 e. The number of rotatable bonds is 8. The van der Waals surface area contributed by atoms with Gasteiger partial charge in [-0.25, -0.2) is 8.42 Å². The van der Waals surface area contributed by atoms with Crippen molar-refractivity contribution in [1.82, 2.24) is 0 Å². The number of hydrogen-bond acceptors (Lipinski definition) is 7. The summed E-state index contributed by atoms with van der Waals surface area (Å²) in [5.74, 6) is 0.227. The Kier molecular flexibility index (Phi) is 7.16. The first-order valence-corrected chi connectivity index (χ1v) is 13.4. The lowest BCUT2D eigenvalue weighted by atomic mass is 10.1. The highest BCUT2D eigenvalue weighted by Crippen LogP contribution is 2.44. The highest BCUT2D eigenvalue weighted by atomic mass is 35.5. The summed E-state index contributed by atoms with van der Waals surface area (Å²) in [6.07, 6.45) is 0.737. The fourth-order valence-corrected chi connectivity index (χ4v) is 6.68. The van der Waals surface area contributed by atoms with Gasteiger partial charge < -0.3 is 15.8 Å². The molecule has 4 aromatic rings. The van der Waals surface area contributed by atoms with Gasteiger partial charge in [0.2, 0.25) is 15.6 Å². The number of carbonyl (C=O) groups is 1. The molecule has 35 heavy (non-hydrogen) atoms. The highest BCUT2D eigenvalue weighted by molar-refractivity contribution is 7.92. The van der Waals surface area contributed by atoms with Crippen LogP contribution in [0.1, 0.15) is 27.7 Å². The van der Waals surface area contributed by atoms with Crippen molar-refractivity contribution in [2.24, 2.45) is 0 Å². The maximum atomic E-state index is 13.7. The Labute approximate surface area is 213 Å². The van der Waals surface area contributed by atoms with Crippen LogP contribution in [-0.4, -0.2) is 21.3 Å². The average Bonchev–Trinajstić information content (AvgIpc) is 3.20. The number of nitrogens with two attached hydrogens (primary N) is 1. The quantitative estimate of drug-likeness (QED) is 0.259. The van der Waals surface area contributed by atoms with Gasteiger partial charge in [0.1, 0.15) is 20.5 Å². The molecule has 0 fully saturated rings. The van der Waals surface area contributed by atoms with Crippen LogP contribution in [-0.2, 0) is 16.3 Å². The topological polar surface area (TPSA) is 98.5 Å². The van der Waals surface area contributed by atoms with E-state index >= 15 is 0 Å². The lowest BCUT2D eigenvalue weighted by molar-refractivity contribution is 0.104. The first-order chi connectivity index (χ1) is 16.8. The molecule has 0 atom stereocenters. The predicted molar refractivity (Wildman–Crippen MR) is 141 cm³/mol. The molecule has 0 aliphatic rings. The standard InChI is InChI=1S/C26H23ClN2O4S2/c1-3-16-6-4-5-7-21(16)29-26-25(35(31,32)20-14-10-18(27)11-15-20)22(28)24(34-26)23(30)17-8-12-19(33-2)13-9-17/h4-15,29H,3,28H2,1-2H3. The monoisotopic (exact) mass is 526 g/mol. The number of hydrogen-bond donors (Lipinski definition) is 2. The third-order valence-electron chi connectivity index (χ3n) is 5.50. The van der Waals surface area contributed by atoms with E-state index in [4.69, 9.17) is 22.1 Å². The summed E-state index contributed by atoms with van der Waals surface area (Å²) in [4.78, 5) is 13.4. The van der Waals surface area contributed by atoms with Gasteiger partial charge in [0.15, 0.2) is 0 Å². The van der Waals surface area contributed by atoms with Crippen LogP contribution in [0.2, 0.25) is 5.02 Å². The first-order valence-electron chi connectivity index (χ1n) is 10.7. The first kappa shape index (κ1) is 24.8. The van der Waals surface area contributed by atoms with Crippen LogP contribution in [0.25, 0.3) is 0 Å². The molecule has 0 bridgehead atoms. The van der Waals surface area contributed by atoms with Gasteiger partial charge >= 0.3 is 0 Å². The van der Waals surface area contributed by atoms with E-state index in [1.165, 1.54) is 31.4 Å². The third kappa shape index (κ3) is 4.91. The molecule has 3 N–H and O–H groups in total. The van der Waals surface area contributed by atoms with Crippen molar-refractivity contribution in [2.45, 2.75) is 23.1 Å². The number of sulfone groups is 1. The zero-order valence-electron chi connectivity index (χ0n) is 19.0. The van der Waals surface area contributed by atoms with Gasteiger partial charge in [-0.3, -0.25) is 4.79 Å². The van der Waals surface area contributed by atoms with Gasteiger partial charge in [-0.05, 0) is 66.6 Å². The Morgan fingerprint density at radius 2 is 1.69 bits per heavy atom. The van der Waals surface area contributed by atoms with E-state index in [0.717, 1.165) is 29.0 Å². The number of thiophene rings is 1. The molecule has 4 rings (SSSR count). The molecule has 3 aromatic carbocycles. The van der Waals surface area contributed by atoms with Gasteiger partial charge in [0.25, 0.3) is 0 Å². The van der Waals surface area contributed by atoms with Crippen LogP contribution in [0.4, 0.5) is 16.4 Å². The lowest BCUT2D eigenvalue weighted by Crippen LogP contribution is -2.08. The predicted octanol–water partition coefficient (Wildman–Crippen LogP) is 6.36. The normalized spacial score (nSPS) is 11.3. The molecule has 0 saturated heterocycles. The Morgan fingerprint density at radius 3 is 2.31 bits per heavy atom. The van der Waals surface area contributed by atoms with E-state index in [-0.39, 0.29) is 31.1 Å². The molecule has 9 heteroatoms. The maximum absolute atomic E-state index is 13.7. The fourth-order valence-electron chi connectivity index (χ4n) is 3.62. The van der Waals surface area contributed by atoms with Crippen molar-refractivity contribution in [3.05, 3.63) is 93.8 Å². The minimum Gasteiger partial charge on any atom is -0.497 e. The lowest BCUT2D eigenvalue weighted by Gasteiger charge is -2.12. The minimum atomic E-state index is -4.07. The number of nitrogen functional groups attached to an aromatic ring is 1. The Balaban J connectivity index is 1.88. The SMILES string of the molecule is CCc1ccccc1Nc1sc(C(=O)c2ccc(OC)cc2)c(N)c1S(=O)(=O)c1ccc(Cl)cc1. The largest absolute Gasteiger partial charge is 0.497 e. The van der Waals surface area contributed by atoms with E-state index in [1.807, 2.05) is 31.2 Å². The molecule has 0 radical (unpaired) electrons. The van der Waals surface area contributed by atoms with E-state index in [2.05, 4.69) is 5.32 Å². The summed E-state index contributed by atoms with van der Waals surface area (Å²) < 4.78 is 32.6. The average molecular weight is 527 g/mol. The minimum absolute atomic E-state index is 0.0293. The molecular weight excluding hydrogens is 504 g/mol. The van der Waals surface area contributed by atoms with Crippen LogP contribution >= 0.6 is 22.9 Å². The van der Waals surface area contributed by atoms with Gasteiger partial charge in [0, 0.05) is 16.3 Å². The second kappa shape index (κ2) is 10.1. The van der Waals surface area contributed by atoms with E-state index in [0.29, 0.717) is 16.3 Å². The molecule has 0 amide bonds. The van der Waals surface area contributed by atoms with E-state index in [9.17, 15) is 13.2 Å². The molecule has 0 aliphatic carbocycles. The van der Waals surface area contributed by atoms with Gasteiger partial charge in [0.05, 0.1) is 17.7 Å². The summed E-state index contributed by atoms with van der Waals surface area (Å²) in [6.45, 7) is 2.01. The number of anilines is 3. The molecule has 180 valence electrons. The number of carbonyl (C=O) groups excluding carboxylic acids is 1. The van der Waals surface area contributed by atoms with Crippen LogP contribution in [0.5, 0.6) is 5.75 Å². The number of methoxy groups -OCH3 is 1. The summed E-state index contributed by atoms with van der Waals surface area (Å²) >= 11 is 6.98. The number of nitrogens with one attached hydrogen (secondary N) is 1. The molecule has 0 spiro atoms. The third-order valence-corrected chi connectivity index (χ3v) is 8.85.